The summed E-state index contributed by atoms with van der Waals surface area (Å²) in [4.78, 5) is 3.99. The highest BCUT2D eigenvalue weighted by Gasteiger charge is 2.16. The minimum absolute atomic E-state index is 0.120. The zero-order chi connectivity index (χ0) is 6.15. The van der Waals surface area contributed by atoms with Crippen LogP contribution < -0.4 is 15.8 Å². The average molecular weight is 122 g/mol. The lowest BCUT2D eigenvalue weighted by atomic mass is 11.4. The third-order valence-electron chi connectivity index (χ3n) is 0.734. The van der Waals surface area contributed by atoms with E-state index in [0.717, 1.165) is 0 Å². The van der Waals surface area contributed by atoms with E-state index in [0.29, 0.717) is 0 Å². The number of nitrogens with one attached hydrogen (secondary N) is 3. The molecule has 0 spiro atoms. The SMILES string of the molecule is C[NH+]1[N-][NH+]([O-])O[NH+]1[O-]. The molecule has 0 saturated carbocycles. The number of quaternary nitrogens is 3. The van der Waals surface area contributed by atoms with E-state index in [4.69, 9.17) is 0 Å². The van der Waals surface area contributed by atoms with Gasteiger partial charge in [0.1, 0.15) is 7.05 Å². The van der Waals surface area contributed by atoms with Gasteiger partial charge in [0, 0.05) is 4.94 Å². The number of nitrogens with zero attached hydrogens (tertiary/aromatic N) is 1. The summed E-state index contributed by atoms with van der Waals surface area (Å²) in [7, 11) is 1.42. The zero-order valence-electron chi connectivity index (χ0n) is 4.17. The fourth-order valence-electron chi connectivity index (χ4n) is 0.359. The Morgan fingerprint density at radius 3 is 2.25 bits per heavy atom. The van der Waals surface area contributed by atoms with E-state index in [1.54, 1.807) is 0 Å². The molecular formula is CH6N4O3. The van der Waals surface area contributed by atoms with Gasteiger partial charge in [0.25, 0.3) is 0 Å². The Balaban J connectivity index is 2.39. The number of hydrogen-bond donors (Lipinski definition) is 3. The molecule has 3 unspecified atom stereocenters. The van der Waals surface area contributed by atoms with Gasteiger partial charge in [0.15, 0.2) is 0 Å². The molecule has 1 heterocycles. The second kappa shape index (κ2) is 1.91. The van der Waals surface area contributed by atoms with Crippen molar-refractivity contribution in [2.45, 2.75) is 0 Å². The maximum Gasteiger partial charge on any atom is 0.108 e. The predicted octanol–water partition coefficient (Wildman–Crippen LogP) is -4.75. The van der Waals surface area contributed by atoms with Crippen LogP contribution in [0, 0.1) is 10.4 Å². The van der Waals surface area contributed by atoms with E-state index in [2.05, 4.69) is 10.5 Å². The summed E-state index contributed by atoms with van der Waals surface area (Å²) >= 11 is 0. The second-order valence-corrected chi connectivity index (χ2v) is 1.35. The molecule has 7 heteroatoms. The largest absolute Gasteiger partial charge is 0.601 e. The fraction of sp³-hybridized carbons (Fsp3) is 1.00. The summed E-state index contributed by atoms with van der Waals surface area (Å²) in [6.07, 6.45) is 0. The van der Waals surface area contributed by atoms with Crippen molar-refractivity contribution in [3.63, 3.8) is 0 Å². The molecule has 0 amide bonds. The third-order valence-corrected chi connectivity index (χ3v) is 0.734. The van der Waals surface area contributed by atoms with Gasteiger partial charge in [-0.05, 0) is 5.34 Å². The Labute approximate surface area is 45.0 Å². The van der Waals surface area contributed by atoms with Gasteiger partial charge in [-0.2, -0.15) is 16.0 Å². The van der Waals surface area contributed by atoms with Crippen molar-refractivity contribution in [2.75, 3.05) is 7.05 Å². The summed E-state index contributed by atoms with van der Waals surface area (Å²) in [6, 6.07) is 0. The van der Waals surface area contributed by atoms with Gasteiger partial charge in [0.2, 0.25) is 0 Å². The van der Waals surface area contributed by atoms with Crippen LogP contribution in [-0.2, 0) is 4.94 Å². The second-order valence-electron chi connectivity index (χ2n) is 1.35. The summed E-state index contributed by atoms with van der Waals surface area (Å²) in [5.74, 6) is 0. The molecule has 0 radical (unpaired) electrons. The highest BCUT2D eigenvalue weighted by molar-refractivity contribution is 4.14. The highest BCUT2D eigenvalue weighted by Crippen LogP contribution is 1.46. The van der Waals surface area contributed by atoms with Gasteiger partial charge in [-0.25, -0.2) is 0 Å². The summed E-state index contributed by atoms with van der Waals surface area (Å²) in [5.41, 5.74) is 3.18. The molecule has 3 atom stereocenters. The Bertz CT molecular complexity index is 77.4. The van der Waals surface area contributed by atoms with E-state index < -0.39 is 10.7 Å². The van der Waals surface area contributed by atoms with Crippen LogP contribution in [-0.4, -0.2) is 7.05 Å². The summed E-state index contributed by atoms with van der Waals surface area (Å²) < 4.78 is 0. The standard InChI is InChI=1S/CH6N4O3/c1-3-2-4(6)8-5(3)7/h3-5H,1H3. The molecule has 7 nitrogen and oxygen atoms in total. The molecule has 0 aliphatic carbocycles. The fourth-order valence-corrected chi connectivity index (χ4v) is 0.359. The van der Waals surface area contributed by atoms with Crippen LogP contribution in [0.2, 0.25) is 0 Å². The normalized spacial score (nSPS) is 47.6. The molecule has 1 saturated heterocycles. The van der Waals surface area contributed by atoms with Crippen molar-refractivity contribution in [1.29, 1.82) is 0 Å². The molecule has 0 aromatic heterocycles. The van der Waals surface area contributed by atoms with Crippen LogP contribution >= 0.6 is 0 Å². The van der Waals surface area contributed by atoms with Gasteiger partial charge in [-0.1, -0.05) is 0 Å². The van der Waals surface area contributed by atoms with Crippen LogP contribution in [0.3, 0.4) is 0 Å². The molecule has 8 heavy (non-hydrogen) atoms. The van der Waals surface area contributed by atoms with Crippen molar-refractivity contribution in [3.8, 4) is 0 Å². The quantitative estimate of drug-likeness (QED) is 0.282. The topological polar surface area (TPSA) is 82.8 Å². The molecule has 0 bridgehead atoms. The molecular weight excluding hydrogens is 116 g/mol. The van der Waals surface area contributed by atoms with Crippen LogP contribution in [0.1, 0.15) is 0 Å². The minimum Gasteiger partial charge on any atom is -0.601 e. The van der Waals surface area contributed by atoms with E-state index in [-0.39, 0.29) is 5.12 Å². The van der Waals surface area contributed by atoms with Crippen molar-refractivity contribution >= 4 is 0 Å². The van der Waals surface area contributed by atoms with Gasteiger partial charge in [-0.15, -0.1) is 0 Å². The van der Waals surface area contributed by atoms with Crippen molar-refractivity contribution in [2.24, 2.45) is 0 Å². The third kappa shape index (κ3) is 0.928. The molecule has 1 fully saturated rings. The van der Waals surface area contributed by atoms with Crippen molar-refractivity contribution < 1.29 is 20.7 Å². The van der Waals surface area contributed by atoms with E-state index in [9.17, 15) is 10.4 Å². The van der Waals surface area contributed by atoms with E-state index >= 15 is 0 Å². The monoisotopic (exact) mass is 122 g/mol. The Morgan fingerprint density at radius 1 is 1.50 bits per heavy atom. The van der Waals surface area contributed by atoms with Crippen LogP contribution in [0.5, 0.6) is 0 Å². The maximum atomic E-state index is 10.2. The minimum atomic E-state index is -0.813. The maximum absolute atomic E-state index is 10.2. The van der Waals surface area contributed by atoms with Crippen molar-refractivity contribution in [1.82, 2.24) is 0 Å². The first-order valence-electron chi connectivity index (χ1n) is 2.01. The lowest BCUT2D eigenvalue weighted by Gasteiger charge is -2.13. The number of hydrogen-bond acceptors (Lipinski definition) is 3. The van der Waals surface area contributed by atoms with Gasteiger partial charge in [0.05, 0.1) is 0 Å². The average Bonchev–Trinajstić information content (AvgIpc) is 1.85. The Morgan fingerprint density at radius 2 is 2.12 bits per heavy atom. The molecule has 3 N–H and O–H groups in total. The smallest absolute Gasteiger partial charge is 0.108 e. The first kappa shape index (κ1) is 5.85. The van der Waals surface area contributed by atoms with E-state index in [1.807, 2.05) is 0 Å². The predicted molar refractivity (Wildman–Crippen MR) is 20.0 cm³/mol. The van der Waals surface area contributed by atoms with Crippen LogP contribution in [0.25, 0.3) is 5.53 Å². The van der Waals surface area contributed by atoms with E-state index in [1.165, 1.54) is 7.05 Å². The van der Waals surface area contributed by atoms with Gasteiger partial charge >= 0.3 is 0 Å². The van der Waals surface area contributed by atoms with Crippen molar-refractivity contribution in [3.05, 3.63) is 15.9 Å². The first-order chi connectivity index (χ1) is 3.70. The Hall–Kier alpha value is -0.280. The molecule has 1 aliphatic heterocycles. The van der Waals surface area contributed by atoms with Crippen LogP contribution in [0.15, 0.2) is 0 Å². The molecule has 1 rings (SSSR count). The Kier molecular flexibility index (Phi) is 1.40. The van der Waals surface area contributed by atoms with Gasteiger partial charge < -0.3 is 10.4 Å². The molecule has 48 valence electrons. The summed E-state index contributed by atoms with van der Waals surface area (Å²) in [5, 5.41) is 18.9. The zero-order valence-corrected chi connectivity index (χ0v) is 4.17. The lowest BCUT2D eigenvalue weighted by molar-refractivity contribution is -1.54. The molecule has 1 aliphatic rings. The molecule has 0 aromatic rings. The van der Waals surface area contributed by atoms with Gasteiger partial charge in [-0.3, -0.25) is 0 Å². The highest BCUT2D eigenvalue weighted by atomic mass is 17.1. The number of rotatable bonds is 0. The lowest BCUT2D eigenvalue weighted by Crippen LogP contribution is -3.52. The first-order valence-corrected chi connectivity index (χ1v) is 2.01. The molecule has 0 aromatic carbocycles. The summed E-state index contributed by atoms with van der Waals surface area (Å²) in [6.45, 7) is 0. The van der Waals surface area contributed by atoms with Crippen LogP contribution in [0.4, 0.5) is 0 Å².